The van der Waals surface area contributed by atoms with E-state index in [9.17, 15) is 9.18 Å². The van der Waals surface area contributed by atoms with Crippen LogP contribution >= 0.6 is 23.2 Å². The zero-order chi connectivity index (χ0) is 20.4. The van der Waals surface area contributed by atoms with Crippen LogP contribution in [0.25, 0.3) is 16.9 Å². The Kier molecular flexibility index (Phi) is 5.28. The molecule has 2 aromatic carbocycles. The van der Waals surface area contributed by atoms with Gasteiger partial charge in [-0.3, -0.25) is 4.79 Å². The van der Waals surface area contributed by atoms with Crippen molar-refractivity contribution in [1.29, 1.82) is 0 Å². The monoisotopic (exact) mass is 431 g/mol. The van der Waals surface area contributed by atoms with Crippen LogP contribution in [0.4, 0.5) is 10.1 Å². The van der Waals surface area contributed by atoms with E-state index in [4.69, 9.17) is 27.9 Å². The summed E-state index contributed by atoms with van der Waals surface area (Å²) < 4.78 is 20.1. The maximum atomic E-state index is 13.2. The second-order valence-electron chi connectivity index (χ2n) is 5.97. The van der Waals surface area contributed by atoms with E-state index in [1.165, 1.54) is 6.33 Å². The molecule has 0 saturated heterocycles. The minimum Gasteiger partial charge on any atom is -0.481 e. The van der Waals surface area contributed by atoms with E-state index in [1.807, 2.05) is 12.1 Å². The molecule has 7 nitrogen and oxygen atoms in total. The van der Waals surface area contributed by atoms with Gasteiger partial charge in [0, 0.05) is 11.3 Å². The SMILES string of the molecule is O=C(COc1c(Cl)cc(F)cc1Cl)Nc1cccc(-c2ccc3nncn3n2)c1. The molecule has 0 saturated carbocycles. The van der Waals surface area contributed by atoms with E-state index >= 15 is 0 Å². The van der Waals surface area contributed by atoms with Gasteiger partial charge in [-0.15, -0.1) is 10.2 Å². The Morgan fingerprint density at radius 1 is 1.14 bits per heavy atom. The number of halogens is 3. The smallest absolute Gasteiger partial charge is 0.262 e. The lowest BCUT2D eigenvalue weighted by Gasteiger charge is -2.11. The van der Waals surface area contributed by atoms with Gasteiger partial charge in [-0.25, -0.2) is 4.39 Å². The van der Waals surface area contributed by atoms with Gasteiger partial charge >= 0.3 is 0 Å². The quantitative estimate of drug-likeness (QED) is 0.510. The molecule has 29 heavy (non-hydrogen) atoms. The molecule has 0 atom stereocenters. The third-order valence-electron chi connectivity index (χ3n) is 3.91. The van der Waals surface area contributed by atoms with Gasteiger partial charge in [-0.05, 0) is 36.4 Å². The Hall–Kier alpha value is -3.23. The summed E-state index contributed by atoms with van der Waals surface area (Å²) in [4.78, 5) is 12.2. The molecule has 0 aliphatic heterocycles. The molecular weight excluding hydrogens is 420 g/mol. The first kappa shape index (κ1) is 19.1. The molecule has 0 spiro atoms. The van der Waals surface area contributed by atoms with Crippen LogP contribution in [-0.4, -0.2) is 32.3 Å². The molecule has 4 aromatic rings. The highest BCUT2D eigenvalue weighted by atomic mass is 35.5. The Bertz CT molecular complexity index is 1190. The fourth-order valence-electron chi connectivity index (χ4n) is 2.64. The van der Waals surface area contributed by atoms with Gasteiger partial charge in [0.05, 0.1) is 15.7 Å². The Labute approximate surface area is 174 Å². The minimum absolute atomic E-state index is 0.0137. The third-order valence-corrected chi connectivity index (χ3v) is 4.48. The predicted molar refractivity (Wildman–Crippen MR) is 107 cm³/mol. The van der Waals surface area contributed by atoms with Crippen molar-refractivity contribution in [2.45, 2.75) is 0 Å². The number of ether oxygens (including phenoxy) is 1. The molecule has 1 amide bonds. The molecule has 0 aliphatic rings. The maximum Gasteiger partial charge on any atom is 0.262 e. The maximum absolute atomic E-state index is 13.2. The highest BCUT2D eigenvalue weighted by molar-refractivity contribution is 6.37. The molecule has 146 valence electrons. The molecule has 0 fully saturated rings. The van der Waals surface area contributed by atoms with Gasteiger partial charge in [0.1, 0.15) is 12.1 Å². The number of nitrogens with zero attached hydrogens (tertiary/aromatic N) is 4. The molecule has 0 aliphatic carbocycles. The summed E-state index contributed by atoms with van der Waals surface area (Å²) in [6.45, 7) is -0.347. The van der Waals surface area contributed by atoms with Crippen LogP contribution in [0.2, 0.25) is 10.0 Å². The van der Waals surface area contributed by atoms with E-state index < -0.39 is 11.7 Å². The third kappa shape index (κ3) is 4.28. The summed E-state index contributed by atoms with van der Waals surface area (Å²) in [6.07, 6.45) is 1.51. The first-order valence-corrected chi connectivity index (χ1v) is 9.10. The zero-order valence-electron chi connectivity index (χ0n) is 14.6. The summed E-state index contributed by atoms with van der Waals surface area (Å²) in [6, 6.07) is 12.9. The Balaban J connectivity index is 1.46. The average Bonchev–Trinajstić information content (AvgIpc) is 3.15. The number of fused-ring (bicyclic) bond motifs is 1. The second-order valence-corrected chi connectivity index (χ2v) is 6.78. The lowest BCUT2D eigenvalue weighted by Crippen LogP contribution is -2.20. The highest BCUT2D eigenvalue weighted by Gasteiger charge is 2.12. The van der Waals surface area contributed by atoms with Gasteiger partial charge in [0.15, 0.2) is 18.0 Å². The van der Waals surface area contributed by atoms with Crippen molar-refractivity contribution in [3.63, 3.8) is 0 Å². The number of hydrogen-bond acceptors (Lipinski definition) is 5. The molecule has 0 bridgehead atoms. The number of rotatable bonds is 5. The van der Waals surface area contributed by atoms with Gasteiger partial charge in [0.25, 0.3) is 5.91 Å². The van der Waals surface area contributed by atoms with Crippen LogP contribution in [0.15, 0.2) is 54.9 Å². The van der Waals surface area contributed by atoms with E-state index in [1.54, 1.807) is 28.8 Å². The predicted octanol–water partition coefficient (Wildman–Crippen LogP) is 4.25. The molecule has 0 radical (unpaired) electrons. The fraction of sp³-hybridized carbons (Fsp3) is 0.0526. The fourth-order valence-corrected chi connectivity index (χ4v) is 3.21. The summed E-state index contributed by atoms with van der Waals surface area (Å²) in [5.41, 5.74) is 2.67. The lowest BCUT2D eigenvalue weighted by molar-refractivity contribution is -0.118. The van der Waals surface area contributed by atoms with Crippen LogP contribution in [0.3, 0.4) is 0 Å². The molecule has 2 heterocycles. The van der Waals surface area contributed by atoms with E-state index in [0.29, 0.717) is 17.0 Å². The molecule has 10 heteroatoms. The highest BCUT2D eigenvalue weighted by Crippen LogP contribution is 2.33. The van der Waals surface area contributed by atoms with E-state index in [-0.39, 0.29) is 22.4 Å². The average molecular weight is 432 g/mol. The number of amides is 1. The summed E-state index contributed by atoms with van der Waals surface area (Å²) in [7, 11) is 0. The molecule has 0 unspecified atom stereocenters. The summed E-state index contributed by atoms with van der Waals surface area (Å²) in [5.74, 6) is -0.974. The van der Waals surface area contributed by atoms with Gasteiger partial charge < -0.3 is 10.1 Å². The van der Waals surface area contributed by atoms with Crippen molar-refractivity contribution in [2.75, 3.05) is 11.9 Å². The van der Waals surface area contributed by atoms with Gasteiger partial charge in [0.2, 0.25) is 0 Å². The van der Waals surface area contributed by atoms with Crippen LogP contribution in [0, 0.1) is 5.82 Å². The first-order chi connectivity index (χ1) is 14.0. The van der Waals surface area contributed by atoms with Crippen LogP contribution in [0.1, 0.15) is 0 Å². The van der Waals surface area contributed by atoms with E-state index in [2.05, 4.69) is 20.6 Å². The van der Waals surface area contributed by atoms with Crippen molar-refractivity contribution in [2.24, 2.45) is 0 Å². The molecule has 1 N–H and O–H groups in total. The summed E-state index contributed by atoms with van der Waals surface area (Å²) >= 11 is 11.8. The second kappa shape index (κ2) is 8.02. The standard InChI is InChI=1S/C19H12Cl2FN5O2/c20-14-7-12(22)8-15(21)19(14)29-9-18(28)24-13-3-1-2-11(6-13)16-4-5-17-25-23-10-27(17)26-16/h1-8,10H,9H2,(H,24,28). The number of hydrogen-bond donors (Lipinski definition) is 1. The van der Waals surface area contributed by atoms with Gasteiger partial charge in [-0.2, -0.15) is 9.61 Å². The normalized spacial score (nSPS) is 10.9. The first-order valence-electron chi connectivity index (χ1n) is 8.34. The molecule has 2 aromatic heterocycles. The number of aromatic nitrogens is 4. The number of nitrogens with one attached hydrogen (secondary N) is 1. The number of carbonyl (C=O) groups excluding carboxylic acids is 1. The number of carbonyl (C=O) groups is 1. The van der Waals surface area contributed by atoms with Crippen LogP contribution in [-0.2, 0) is 4.79 Å². The van der Waals surface area contributed by atoms with E-state index in [0.717, 1.165) is 17.7 Å². The molecule has 4 rings (SSSR count). The summed E-state index contributed by atoms with van der Waals surface area (Å²) in [5, 5.41) is 14.8. The topological polar surface area (TPSA) is 81.4 Å². The van der Waals surface area contributed by atoms with Crippen LogP contribution in [0.5, 0.6) is 5.75 Å². The van der Waals surface area contributed by atoms with Crippen molar-refractivity contribution < 1.29 is 13.9 Å². The van der Waals surface area contributed by atoms with Crippen LogP contribution < -0.4 is 10.1 Å². The number of anilines is 1. The zero-order valence-corrected chi connectivity index (χ0v) is 16.2. The van der Waals surface area contributed by atoms with Crippen molar-refractivity contribution >= 4 is 40.4 Å². The minimum atomic E-state index is -0.591. The number of benzene rings is 2. The Morgan fingerprint density at radius 3 is 2.72 bits per heavy atom. The Morgan fingerprint density at radius 2 is 1.93 bits per heavy atom. The van der Waals surface area contributed by atoms with Crippen molar-refractivity contribution in [1.82, 2.24) is 19.8 Å². The van der Waals surface area contributed by atoms with Gasteiger partial charge in [-0.1, -0.05) is 35.3 Å². The van der Waals surface area contributed by atoms with Crippen molar-refractivity contribution in [3.8, 4) is 17.0 Å². The largest absolute Gasteiger partial charge is 0.481 e. The lowest BCUT2D eigenvalue weighted by atomic mass is 10.1. The van der Waals surface area contributed by atoms with Crippen molar-refractivity contribution in [3.05, 3.63) is 70.7 Å². The molecular formula is C19H12Cl2FN5O2.